The van der Waals surface area contributed by atoms with E-state index in [-0.39, 0.29) is 18.5 Å². The predicted molar refractivity (Wildman–Crippen MR) is 71.1 cm³/mol. The van der Waals surface area contributed by atoms with Crippen molar-refractivity contribution in [1.82, 2.24) is 0 Å². The summed E-state index contributed by atoms with van der Waals surface area (Å²) in [5.41, 5.74) is 7.31. The molecule has 1 saturated carbocycles. The molecule has 100 valence electrons. The fourth-order valence-corrected chi connectivity index (χ4v) is 2.49. The molecule has 1 aliphatic carbocycles. The van der Waals surface area contributed by atoms with E-state index >= 15 is 0 Å². The van der Waals surface area contributed by atoms with Crippen LogP contribution in [0, 0.1) is 5.82 Å². The molecule has 2 rings (SSSR count). The Bertz CT molecular complexity index is 405. The van der Waals surface area contributed by atoms with Crippen LogP contribution in [-0.2, 0) is 0 Å². The van der Waals surface area contributed by atoms with E-state index in [1.165, 1.54) is 12.5 Å². The molecule has 0 amide bonds. The summed E-state index contributed by atoms with van der Waals surface area (Å²) in [6, 6.07) is 5.15. The topological polar surface area (TPSA) is 49.5 Å². The fraction of sp³-hybridized carbons (Fsp3) is 0.571. The van der Waals surface area contributed by atoms with Crippen LogP contribution in [0.1, 0.15) is 37.8 Å². The molecule has 1 aliphatic rings. The minimum atomic E-state index is -0.245. The van der Waals surface area contributed by atoms with Crippen LogP contribution in [0.4, 0.5) is 10.1 Å². The minimum absolute atomic E-state index is 0.0310. The summed E-state index contributed by atoms with van der Waals surface area (Å²) in [5.74, 6) is -0.245. The molecular formula is C14H21FN2O. The first-order chi connectivity index (χ1) is 8.65. The van der Waals surface area contributed by atoms with Crippen LogP contribution in [-0.4, -0.2) is 24.3 Å². The molecule has 0 bridgehead atoms. The number of hydrogen-bond donors (Lipinski definition) is 2. The van der Waals surface area contributed by atoms with Crippen LogP contribution < -0.4 is 10.6 Å². The molecule has 0 aliphatic heterocycles. The number of aliphatic hydroxyl groups excluding tert-OH is 1. The van der Waals surface area contributed by atoms with Gasteiger partial charge in [0.1, 0.15) is 5.82 Å². The molecule has 18 heavy (non-hydrogen) atoms. The highest BCUT2D eigenvalue weighted by atomic mass is 19.1. The first-order valence-electron chi connectivity index (χ1n) is 6.56. The van der Waals surface area contributed by atoms with E-state index in [0.717, 1.165) is 18.4 Å². The largest absolute Gasteiger partial charge is 0.395 e. The van der Waals surface area contributed by atoms with E-state index < -0.39 is 0 Å². The highest BCUT2D eigenvalue weighted by Crippen LogP contribution is 2.35. The lowest BCUT2D eigenvalue weighted by molar-refractivity contribution is 0.282. The lowest BCUT2D eigenvalue weighted by atomic mass is 9.90. The smallest absolute Gasteiger partial charge is 0.146 e. The van der Waals surface area contributed by atoms with E-state index in [2.05, 4.69) is 0 Å². The van der Waals surface area contributed by atoms with Crippen molar-refractivity contribution in [3.8, 4) is 0 Å². The third-order valence-electron chi connectivity index (χ3n) is 3.65. The van der Waals surface area contributed by atoms with Gasteiger partial charge in [0.05, 0.1) is 12.3 Å². The van der Waals surface area contributed by atoms with Crippen molar-refractivity contribution in [1.29, 1.82) is 0 Å². The maximum absolute atomic E-state index is 14.1. The normalized spacial score (nSPS) is 17.3. The number of para-hydroxylation sites is 1. The predicted octanol–water partition coefficient (Wildman–Crippen LogP) is 2.20. The number of rotatable bonds is 5. The summed E-state index contributed by atoms with van der Waals surface area (Å²) in [5, 5.41) is 9.19. The second-order valence-electron chi connectivity index (χ2n) is 4.97. The average Bonchev–Trinajstić information content (AvgIpc) is 2.25. The van der Waals surface area contributed by atoms with Crippen LogP contribution in [0.2, 0.25) is 0 Å². The summed E-state index contributed by atoms with van der Waals surface area (Å²) in [4.78, 5) is 1.98. The first kappa shape index (κ1) is 13.3. The molecule has 4 heteroatoms. The zero-order valence-electron chi connectivity index (χ0n) is 10.8. The Morgan fingerprint density at radius 1 is 1.50 bits per heavy atom. The van der Waals surface area contributed by atoms with E-state index in [1.54, 1.807) is 6.07 Å². The molecular weight excluding hydrogens is 231 g/mol. The van der Waals surface area contributed by atoms with Crippen molar-refractivity contribution in [2.24, 2.45) is 5.73 Å². The number of nitrogens with zero attached hydrogens (tertiary/aromatic N) is 1. The second-order valence-corrected chi connectivity index (χ2v) is 4.97. The van der Waals surface area contributed by atoms with E-state index in [0.29, 0.717) is 18.3 Å². The number of anilines is 1. The van der Waals surface area contributed by atoms with Gasteiger partial charge in [-0.05, 0) is 37.8 Å². The number of benzene rings is 1. The van der Waals surface area contributed by atoms with Gasteiger partial charge in [0, 0.05) is 18.6 Å². The number of nitrogens with two attached hydrogens (primary N) is 1. The van der Waals surface area contributed by atoms with Crippen LogP contribution in [0.3, 0.4) is 0 Å². The molecule has 3 nitrogen and oxygen atoms in total. The Kier molecular flexibility index (Phi) is 4.19. The number of hydrogen-bond acceptors (Lipinski definition) is 3. The van der Waals surface area contributed by atoms with E-state index in [1.807, 2.05) is 17.9 Å². The van der Waals surface area contributed by atoms with Gasteiger partial charge in [-0.25, -0.2) is 4.39 Å². The standard InChI is InChI=1S/C14H21FN2O/c1-10(16)12-6-3-7-13(15)14(12)17(8-9-18)11-4-2-5-11/h3,6-7,10-11,18H,2,4-5,8-9,16H2,1H3. The average molecular weight is 252 g/mol. The monoisotopic (exact) mass is 252 g/mol. The Balaban J connectivity index is 2.38. The van der Waals surface area contributed by atoms with Crippen molar-refractivity contribution in [2.45, 2.75) is 38.3 Å². The SMILES string of the molecule is CC(N)c1cccc(F)c1N(CCO)C1CCC1. The van der Waals surface area contributed by atoms with Gasteiger partial charge in [0.2, 0.25) is 0 Å². The van der Waals surface area contributed by atoms with Crippen LogP contribution in [0.15, 0.2) is 18.2 Å². The molecule has 3 N–H and O–H groups in total. The first-order valence-corrected chi connectivity index (χ1v) is 6.56. The molecule has 1 atom stereocenters. The third kappa shape index (κ3) is 2.49. The Morgan fingerprint density at radius 3 is 2.72 bits per heavy atom. The molecule has 0 radical (unpaired) electrons. The number of halogens is 1. The maximum Gasteiger partial charge on any atom is 0.146 e. The van der Waals surface area contributed by atoms with Crippen molar-refractivity contribution >= 4 is 5.69 Å². The zero-order chi connectivity index (χ0) is 13.1. The quantitative estimate of drug-likeness (QED) is 0.844. The minimum Gasteiger partial charge on any atom is -0.395 e. The molecule has 1 unspecified atom stereocenters. The van der Waals surface area contributed by atoms with Crippen LogP contribution >= 0.6 is 0 Å². The van der Waals surface area contributed by atoms with Gasteiger partial charge in [-0.2, -0.15) is 0 Å². The van der Waals surface area contributed by atoms with Gasteiger partial charge >= 0.3 is 0 Å². The van der Waals surface area contributed by atoms with Crippen molar-refractivity contribution in [3.05, 3.63) is 29.6 Å². The molecule has 0 aromatic heterocycles. The fourth-order valence-electron chi connectivity index (χ4n) is 2.49. The summed E-state index contributed by atoms with van der Waals surface area (Å²) in [7, 11) is 0. The lowest BCUT2D eigenvalue weighted by Crippen LogP contribution is -2.43. The lowest BCUT2D eigenvalue weighted by Gasteiger charge is -2.40. The summed E-state index contributed by atoms with van der Waals surface area (Å²) in [6.07, 6.45) is 3.30. The second kappa shape index (κ2) is 5.67. The molecule has 1 aromatic rings. The highest BCUT2D eigenvalue weighted by Gasteiger charge is 2.28. The third-order valence-corrected chi connectivity index (χ3v) is 3.65. The molecule has 1 fully saturated rings. The van der Waals surface area contributed by atoms with Gasteiger partial charge in [0.15, 0.2) is 0 Å². The number of aliphatic hydroxyl groups is 1. The van der Waals surface area contributed by atoms with Crippen molar-refractivity contribution in [2.75, 3.05) is 18.1 Å². The van der Waals surface area contributed by atoms with Gasteiger partial charge < -0.3 is 15.7 Å². The van der Waals surface area contributed by atoms with E-state index in [4.69, 9.17) is 5.73 Å². The highest BCUT2D eigenvalue weighted by molar-refractivity contribution is 5.57. The molecule has 1 aromatic carbocycles. The Labute approximate surface area is 107 Å². The summed E-state index contributed by atoms with van der Waals surface area (Å²) >= 11 is 0. The Morgan fingerprint density at radius 2 is 2.22 bits per heavy atom. The van der Waals surface area contributed by atoms with Gasteiger partial charge in [0.25, 0.3) is 0 Å². The van der Waals surface area contributed by atoms with Crippen LogP contribution in [0.25, 0.3) is 0 Å². The van der Waals surface area contributed by atoms with Crippen molar-refractivity contribution in [3.63, 3.8) is 0 Å². The van der Waals surface area contributed by atoms with Gasteiger partial charge in [-0.1, -0.05) is 12.1 Å². The molecule has 0 spiro atoms. The van der Waals surface area contributed by atoms with Crippen LogP contribution in [0.5, 0.6) is 0 Å². The van der Waals surface area contributed by atoms with Crippen molar-refractivity contribution < 1.29 is 9.50 Å². The summed E-state index contributed by atoms with van der Waals surface area (Å²) in [6.45, 7) is 2.35. The summed E-state index contributed by atoms with van der Waals surface area (Å²) < 4.78 is 14.1. The molecule has 0 saturated heterocycles. The van der Waals surface area contributed by atoms with E-state index in [9.17, 15) is 9.50 Å². The Hall–Kier alpha value is -1.13. The molecule has 0 heterocycles. The van der Waals surface area contributed by atoms with Gasteiger partial charge in [-0.3, -0.25) is 0 Å². The van der Waals surface area contributed by atoms with Gasteiger partial charge in [-0.15, -0.1) is 0 Å². The zero-order valence-corrected chi connectivity index (χ0v) is 10.8. The maximum atomic E-state index is 14.1.